The number of halogens is 1. The Morgan fingerprint density at radius 2 is 1.82 bits per heavy atom. The second-order valence-corrected chi connectivity index (χ2v) is 6.74. The van der Waals surface area contributed by atoms with Gasteiger partial charge >= 0.3 is 5.97 Å². The van der Waals surface area contributed by atoms with E-state index in [9.17, 15) is 4.79 Å². The molecule has 6 heteroatoms. The van der Waals surface area contributed by atoms with Crippen LogP contribution in [0.3, 0.4) is 0 Å². The van der Waals surface area contributed by atoms with Crippen molar-refractivity contribution in [2.24, 2.45) is 5.10 Å². The summed E-state index contributed by atoms with van der Waals surface area (Å²) in [5, 5.41) is 5.00. The number of nitrogens with zero attached hydrogens (tertiary/aromatic N) is 2. The number of aromatic nitrogens is 1. The lowest BCUT2D eigenvalue weighted by Crippen LogP contribution is -2.05. The minimum Gasteiger partial charge on any atom is -0.462 e. The van der Waals surface area contributed by atoms with Crippen molar-refractivity contribution >= 4 is 29.5 Å². The summed E-state index contributed by atoms with van der Waals surface area (Å²) in [6.07, 6.45) is 1.79. The molecule has 0 fully saturated rings. The van der Waals surface area contributed by atoms with E-state index in [0.717, 1.165) is 28.3 Å². The van der Waals surface area contributed by atoms with Crippen LogP contribution in [-0.4, -0.2) is 23.4 Å². The highest BCUT2D eigenvalue weighted by atomic mass is 35.5. The van der Waals surface area contributed by atoms with Gasteiger partial charge < -0.3 is 9.30 Å². The number of hydrogen-bond acceptors (Lipinski definition) is 4. The molecule has 144 valence electrons. The van der Waals surface area contributed by atoms with Crippen LogP contribution in [0.15, 0.2) is 59.7 Å². The van der Waals surface area contributed by atoms with E-state index in [-0.39, 0.29) is 5.97 Å². The molecule has 2 aromatic carbocycles. The lowest BCUT2D eigenvalue weighted by molar-refractivity contribution is 0.0526. The van der Waals surface area contributed by atoms with Gasteiger partial charge in [-0.3, -0.25) is 5.43 Å². The van der Waals surface area contributed by atoms with Gasteiger partial charge in [0.15, 0.2) is 0 Å². The maximum atomic E-state index is 11.8. The molecule has 0 aliphatic heterocycles. The Balaban J connectivity index is 1.78. The average Bonchev–Trinajstić information content (AvgIpc) is 2.97. The van der Waals surface area contributed by atoms with E-state index in [4.69, 9.17) is 16.3 Å². The SMILES string of the molecule is CCOC(=O)c1ccc(-n2c(C)cc(/C=N\Nc3ccc(Cl)cc3)c2C)cc1. The van der Waals surface area contributed by atoms with E-state index in [1.54, 1.807) is 25.3 Å². The molecule has 1 heterocycles. The van der Waals surface area contributed by atoms with Crippen LogP contribution in [0.4, 0.5) is 5.69 Å². The average molecular weight is 396 g/mol. The van der Waals surface area contributed by atoms with Crippen molar-refractivity contribution in [3.8, 4) is 5.69 Å². The third-order valence-corrected chi connectivity index (χ3v) is 4.60. The van der Waals surface area contributed by atoms with Crippen molar-refractivity contribution in [3.63, 3.8) is 0 Å². The standard InChI is InChI=1S/C22H22ClN3O2/c1-4-28-22(27)17-5-11-21(12-6-17)26-15(2)13-18(16(26)3)14-24-25-20-9-7-19(23)8-10-20/h5-14,25H,4H2,1-3H3/b24-14-. The van der Waals surface area contributed by atoms with Crippen LogP contribution in [0.1, 0.15) is 34.2 Å². The zero-order chi connectivity index (χ0) is 20.1. The number of ether oxygens (including phenoxy) is 1. The molecular formula is C22H22ClN3O2. The van der Waals surface area contributed by atoms with Gasteiger partial charge in [-0.25, -0.2) is 4.79 Å². The molecule has 0 saturated carbocycles. The Bertz CT molecular complexity index is 990. The fourth-order valence-electron chi connectivity index (χ4n) is 2.98. The quantitative estimate of drug-likeness (QED) is 0.347. The van der Waals surface area contributed by atoms with Gasteiger partial charge in [0.05, 0.1) is 24.1 Å². The summed E-state index contributed by atoms with van der Waals surface area (Å²) < 4.78 is 7.16. The smallest absolute Gasteiger partial charge is 0.338 e. The Kier molecular flexibility index (Phi) is 6.16. The highest BCUT2D eigenvalue weighted by Crippen LogP contribution is 2.21. The first kappa shape index (κ1) is 19.7. The van der Waals surface area contributed by atoms with Gasteiger partial charge in [0.25, 0.3) is 0 Å². The van der Waals surface area contributed by atoms with Crippen LogP contribution >= 0.6 is 11.6 Å². The van der Waals surface area contributed by atoms with Crippen molar-refractivity contribution in [2.45, 2.75) is 20.8 Å². The molecule has 0 radical (unpaired) electrons. The third kappa shape index (κ3) is 4.43. The van der Waals surface area contributed by atoms with Gasteiger partial charge in [0.1, 0.15) is 0 Å². The van der Waals surface area contributed by atoms with E-state index in [2.05, 4.69) is 21.2 Å². The largest absolute Gasteiger partial charge is 0.462 e. The zero-order valence-corrected chi connectivity index (χ0v) is 16.8. The number of nitrogens with one attached hydrogen (secondary N) is 1. The van der Waals surface area contributed by atoms with Crippen LogP contribution in [-0.2, 0) is 4.74 Å². The maximum Gasteiger partial charge on any atom is 0.338 e. The number of benzene rings is 2. The number of carbonyl (C=O) groups is 1. The molecule has 5 nitrogen and oxygen atoms in total. The van der Waals surface area contributed by atoms with Crippen LogP contribution in [0.25, 0.3) is 5.69 Å². The van der Waals surface area contributed by atoms with Crippen LogP contribution in [0.2, 0.25) is 5.02 Å². The highest BCUT2D eigenvalue weighted by Gasteiger charge is 2.11. The maximum absolute atomic E-state index is 11.8. The van der Waals surface area contributed by atoms with E-state index >= 15 is 0 Å². The van der Waals surface area contributed by atoms with Gasteiger partial charge in [-0.15, -0.1) is 0 Å². The first-order valence-electron chi connectivity index (χ1n) is 9.00. The molecule has 28 heavy (non-hydrogen) atoms. The number of esters is 1. The van der Waals surface area contributed by atoms with Gasteiger partial charge in [-0.05, 0) is 75.4 Å². The molecular weight excluding hydrogens is 374 g/mol. The Labute approximate surface area is 169 Å². The summed E-state index contributed by atoms with van der Waals surface area (Å²) in [6, 6.07) is 16.8. The van der Waals surface area contributed by atoms with E-state index in [1.807, 2.05) is 50.2 Å². The molecule has 0 saturated heterocycles. The normalized spacial score (nSPS) is 11.0. The minimum absolute atomic E-state index is 0.309. The number of hydrazone groups is 1. The molecule has 1 N–H and O–H groups in total. The molecule has 1 aromatic heterocycles. The number of anilines is 1. The third-order valence-electron chi connectivity index (χ3n) is 4.35. The van der Waals surface area contributed by atoms with Gasteiger partial charge in [0, 0.05) is 27.7 Å². The van der Waals surface area contributed by atoms with Crippen molar-refractivity contribution in [1.82, 2.24) is 4.57 Å². The first-order chi connectivity index (χ1) is 13.5. The van der Waals surface area contributed by atoms with Crippen molar-refractivity contribution in [2.75, 3.05) is 12.0 Å². The monoisotopic (exact) mass is 395 g/mol. The fourth-order valence-corrected chi connectivity index (χ4v) is 3.10. The van der Waals surface area contributed by atoms with Gasteiger partial charge in [0.2, 0.25) is 0 Å². The zero-order valence-electron chi connectivity index (χ0n) is 16.1. The van der Waals surface area contributed by atoms with E-state index in [1.165, 1.54) is 0 Å². The van der Waals surface area contributed by atoms with Gasteiger partial charge in [-0.1, -0.05) is 11.6 Å². The fraction of sp³-hybridized carbons (Fsp3) is 0.182. The minimum atomic E-state index is -0.309. The summed E-state index contributed by atoms with van der Waals surface area (Å²) >= 11 is 5.89. The summed E-state index contributed by atoms with van der Waals surface area (Å²) in [7, 11) is 0. The van der Waals surface area contributed by atoms with Crippen molar-refractivity contribution in [1.29, 1.82) is 0 Å². The van der Waals surface area contributed by atoms with Crippen LogP contribution in [0, 0.1) is 13.8 Å². The lowest BCUT2D eigenvalue weighted by Gasteiger charge is -2.10. The molecule has 3 rings (SSSR count). The van der Waals surface area contributed by atoms with Gasteiger partial charge in [-0.2, -0.15) is 5.10 Å². The summed E-state index contributed by atoms with van der Waals surface area (Å²) in [6.45, 7) is 6.24. The number of rotatable bonds is 6. The number of hydrogen-bond donors (Lipinski definition) is 1. The summed E-state index contributed by atoms with van der Waals surface area (Å²) in [5.41, 5.74) is 8.53. The molecule has 0 spiro atoms. The highest BCUT2D eigenvalue weighted by molar-refractivity contribution is 6.30. The second-order valence-electron chi connectivity index (χ2n) is 6.31. The predicted octanol–water partition coefficient (Wildman–Crippen LogP) is 5.37. The Hall–Kier alpha value is -3.05. The van der Waals surface area contributed by atoms with Crippen LogP contribution < -0.4 is 5.43 Å². The number of carbonyl (C=O) groups excluding carboxylic acids is 1. The Morgan fingerprint density at radius 1 is 1.14 bits per heavy atom. The second kappa shape index (κ2) is 8.76. The number of aryl methyl sites for hydroxylation is 1. The molecule has 0 aliphatic rings. The summed E-state index contributed by atoms with van der Waals surface area (Å²) in [5.74, 6) is -0.309. The molecule has 0 atom stereocenters. The van der Waals surface area contributed by atoms with Crippen LogP contribution in [0.5, 0.6) is 0 Å². The van der Waals surface area contributed by atoms with Crippen molar-refractivity contribution < 1.29 is 9.53 Å². The molecule has 0 unspecified atom stereocenters. The molecule has 0 aliphatic carbocycles. The van der Waals surface area contributed by atoms with Crippen molar-refractivity contribution in [3.05, 3.63) is 82.1 Å². The molecule has 0 amide bonds. The molecule has 0 bridgehead atoms. The van der Waals surface area contributed by atoms with E-state index < -0.39 is 0 Å². The molecule has 3 aromatic rings. The summed E-state index contributed by atoms with van der Waals surface area (Å²) in [4.78, 5) is 11.8. The topological polar surface area (TPSA) is 55.6 Å². The van der Waals surface area contributed by atoms with E-state index in [0.29, 0.717) is 17.2 Å². The predicted molar refractivity (Wildman–Crippen MR) is 114 cm³/mol. The lowest BCUT2D eigenvalue weighted by atomic mass is 10.2. The first-order valence-corrected chi connectivity index (χ1v) is 9.38. The Morgan fingerprint density at radius 3 is 2.46 bits per heavy atom.